The van der Waals surface area contributed by atoms with Gasteiger partial charge >= 0.3 is 0 Å². The smallest absolute Gasteiger partial charge is 0.237 e. The molecule has 0 rings (SSSR count). The summed E-state index contributed by atoms with van der Waals surface area (Å²) in [6, 6.07) is 0. The molecule has 0 aromatic heterocycles. The fourth-order valence-corrected chi connectivity index (χ4v) is 1.92. The van der Waals surface area contributed by atoms with Gasteiger partial charge in [0.05, 0.1) is 17.5 Å². The molecular formula is C12H23N3O2S. The minimum Gasteiger partial charge on any atom is -0.393 e. The number of carbonyl (C=O) groups is 2. The topological polar surface area (TPSA) is 89.4 Å². The zero-order valence-corrected chi connectivity index (χ0v) is 12.0. The van der Waals surface area contributed by atoms with E-state index in [-0.39, 0.29) is 17.4 Å². The van der Waals surface area contributed by atoms with Crippen molar-refractivity contribution in [2.75, 3.05) is 13.1 Å². The average Bonchev–Trinajstić information content (AvgIpc) is 2.29. The Kier molecular flexibility index (Phi) is 8.28. The fraction of sp³-hybridized carbons (Fsp3) is 0.750. The molecular weight excluding hydrogens is 250 g/mol. The molecule has 0 saturated heterocycles. The van der Waals surface area contributed by atoms with Crippen molar-refractivity contribution in [2.24, 2.45) is 17.4 Å². The highest BCUT2D eigenvalue weighted by atomic mass is 32.1. The Hall–Kier alpha value is -1.17. The maximum absolute atomic E-state index is 12.3. The summed E-state index contributed by atoms with van der Waals surface area (Å²) < 4.78 is 0. The SMILES string of the molecule is CCCCN(CC(N)=O)C(=O)C(CCC)C(N)=S. The van der Waals surface area contributed by atoms with E-state index in [0.717, 1.165) is 19.3 Å². The molecule has 0 fully saturated rings. The van der Waals surface area contributed by atoms with E-state index >= 15 is 0 Å². The molecule has 5 nitrogen and oxygen atoms in total. The summed E-state index contributed by atoms with van der Waals surface area (Å²) in [5.74, 6) is -1.18. The van der Waals surface area contributed by atoms with Crippen molar-refractivity contribution in [1.82, 2.24) is 4.90 Å². The first-order valence-electron chi connectivity index (χ1n) is 6.30. The van der Waals surface area contributed by atoms with Crippen LogP contribution in [0.4, 0.5) is 0 Å². The molecule has 0 bridgehead atoms. The van der Waals surface area contributed by atoms with Crippen LogP contribution >= 0.6 is 12.2 Å². The van der Waals surface area contributed by atoms with Crippen molar-refractivity contribution in [2.45, 2.75) is 39.5 Å². The zero-order valence-electron chi connectivity index (χ0n) is 11.1. The van der Waals surface area contributed by atoms with Crippen molar-refractivity contribution in [3.63, 3.8) is 0 Å². The van der Waals surface area contributed by atoms with Crippen molar-refractivity contribution >= 4 is 29.0 Å². The number of primary amides is 1. The molecule has 0 spiro atoms. The normalized spacial score (nSPS) is 11.9. The van der Waals surface area contributed by atoms with Crippen LogP contribution < -0.4 is 11.5 Å². The third-order valence-corrected chi connectivity index (χ3v) is 2.94. The number of carbonyl (C=O) groups excluding carboxylic acids is 2. The molecule has 4 N–H and O–H groups in total. The second-order valence-corrected chi connectivity index (χ2v) is 4.79. The van der Waals surface area contributed by atoms with Crippen LogP contribution in [0.5, 0.6) is 0 Å². The Bertz CT molecular complexity index is 308. The van der Waals surface area contributed by atoms with Gasteiger partial charge in [-0.05, 0) is 12.8 Å². The molecule has 0 aromatic carbocycles. The van der Waals surface area contributed by atoms with Gasteiger partial charge in [0, 0.05) is 6.54 Å². The minimum atomic E-state index is -0.516. The molecule has 6 heteroatoms. The molecule has 0 aromatic rings. The largest absolute Gasteiger partial charge is 0.393 e. The van der Waals surface area contributed by atoms with Gasteiger partial charge in [-0.1, -0.05) is 38.9 Å². The van der Waals surface area contributed by atoms with Gasteiger partial charge in [0.25, 0.3) is 0 Å². The average molecular weight is 273 g/mol. The van der Waals surface area contributed by atoms with E-state index in [0.29, 0.717) is 13.0 Å². The van der Waals surface area contributed by atoms with Crippen LogP contribution in [0, 0.1) is 5.92 Å². The van der Waals surface area contributed by atoms with Gasteiger partial charge in [-0.2, -0.15) is 0 Å². The molecule has 0 radical (unpaired) electrons. The maximum atomic E-state index is 12.3. The van der Waals surface area contributed by atoms with Gasteiger partial charge in [-0.3, -0.25) is 9.59 Å². The minimum absolute atomic E-state index is 0.0678. The molecule has 0 aliphatic heterocycles. The second-order valence-electron chi connectivity index (χ2n) is 4.32. The Morgan fingerprint density at radius 2 is 1.83 bits per heavy atom. The lowest BCUT2D eigenvalue weighted by Crippen LogP contribution is -2.45. The zero-order chi connectivity index (χ0) is 14.1. The number of hydrogen-bond acceptors (Lipinski definition) is 3. The number of rotatable bonds is 9. The summed E-state index contributed by atoms with van der Waals surface area (Å²) in [5.41, 5.74) is 10.7. The molecule has 1 unspecified atom stereocenters. The first-order valence-corrected chi connectivity index (χ1v) is 6.71. The lowest BCUT2D eigenvalue weighted by Gasteiger charge is -2.25. The standard InChI is InChI=1S/C12H23N3O2S/c1-3-5-7-15(8-10(13)16)12(17)9(6-4-2)11(14)18/h9H,3-8H2,1-2H3,(H2,13,16)(H2,14,18). The predicted molar refractivity (Wildman–Crippen MR) is 75.9 cm³/mol. The van der Waals surface area contributed by atoms with Crippen molar-refractivity contribution in [3.8, 4) is 0 Å². The Labute approximate surface area is 114 Å². The van der Waals surface area contributed by atoms with E-state index in [9.17, 15) is 9.59 Å². The Balaban J connectivity index is 4.77. The molecule has 0 heterocycles. The van der Waals surface area contributed by atoms with Gasteiger partial charge in [-0.15, -0.1) is 0 Å². The predicted octanol–water partition coefficient (Wildman–Crippen LogP) is 0.803. The van der Waals surface area contributed by atoms with Crippen molar-refractivity contribution in [3.05, 3.63) is 0 Å². The molecule has 18 heavy (non-hydrogen) atoms. The Morgan fingerprint density at radius 3 is 2.22 bits per heavy atom. The third-order valence-electron chi connectivity index (χ3n) is 2.66. The van der Waals surface area contributed by atoms with Crippen molar-refractivity contribution < 1.29 is 9.59 Å². The maximum Gasteiger partial charge on any atom is 0.237 e. The molecule has 1 atom stereocenters. The molecule has 0 saturated carbocycles. The highest BCUT2D eigenvalue weighted by molar-refractivity contribution is 7.80. The van der Waals surface area contributed by atoms with E-state index in [4.69, 9.17) is 23.7 Å². The number of nitrogens with two attached hydrogens (primary N) is 2. The van der Waals surface area contributed by atoms with Crippen LogP contribution in [-0.2, 0) is 9.59 Å². The van der Waals surface area contributed by atoms with Gasteiger partial charge in [0.2, 0.25) is 11.8 Å². The Morgan fingerprint density at radius 1 is 1.22 bits per heavy atom. The third kappa shape index (κ3) is 5.95. The number of hydrogen-bond donors (Lipinski definition) is 2. The monoisotopic (exact) mass is 273 g/mol. The van der Waals surface area contributed by atoms with Crippen LogP contribution in [0.15, 0.2) is 0 Å². The molecule has 2 amide bonds. The van der Waals surface area contributed by atoms with E-state index in [1.807, 2.05) is 13.8 Å². The van der Waals surface area contributed by atoms with Gasteiger partial charge in [-0.25, -0.2) is 0 Å². The summed E-state index contributed by atoms with van der Waals surface area (Å²) in [5, 5.41) is 0. The van der Waals surface area contributed by atoms with Crippen LogP contribution in [0.2, 0.25) is 0 Å². The first kappa shape index (κ1) is 16.8. The number of thiocarbonyl (C=S) groups is 1. The quantitative estimate of drug-likeness (QED) is 0.608. The second kappa shape index (κ2) is 8.85. The van der Waals surface area contributed by atoms with E-state index < -0.39 is 11.8 Å². The lowest BCUT2D eigenvalue weighted by molar-refractivity contribution is -0.137. The van der Waals surface area contributed by atoms with Crippen LogP contribution in [-0.4, -0.2) is 34.8 Å². The van der Waals surface area contributed by atoms with Crippen LogP contribution in [0.3, 0.4) is 0 Å². The molecule has 0 aliphatic rings. The van der Waals surface area contributed by atoms with Crippen molar-refractivity contribution in [1.29, 1.82) is 0 Å². The number of nitrogens with zero attached hydrogens (tertiary/aromatic N) is 1. The van der Waals surface area contributed by atoms with E-state index in [1.165, 1.54) is 4.90 Å². The first-order chi connectivity index (χ1) is 8.43. The van der Waals surface area contributed by atoms with E-state index in [2.05, 4.69) is 0 Å². The summed E-state index contributed by atoms with van der Waals surface area (Å²) in [7, 11) is 0. The summed E-state index contributed by atoms with van der Waals surface area (Å²) in [6.07, 6.45) is 3.19. The summed E-state index contributed by atoms with van der Waals surface area (Å²) >= 11 is 4.92. The summed E-state index contributed by atoms with van der Waals surface area (Å²) in [4.78, 5) is 24.9. The lowest BCUT2D eigenvalue weighted by atomic mass is 10.0. The van der Waals surface area contributed by atoms with Gasteiger partial charge < -0.3 is 16.4 Å². The van der Waals surface area contributed by atoms with Crippen LogP contribution in [0.1, 0.15) is 39.5 Å². The molecule has 104 valence electrons. The molecule has 0 aliphatic carbocycles. The van der Waals surface area contributed by atoms with Gasteiger partial charge in [0.15, 0.2) is 0 Å². The number of unbranched alkanes of at least 4 members (excludes halogenated alkanes) is 1. The highest BCUT2D eigenvalue weighted by Crippen LogP contribution is 2.12. The number of amides is 2. The van der Waals surface area contributed by atoms with Gasteiger partial charge in [0.1, 0.15) is 0 Å². The highest BCUT2D eigenvalue weighted by Gasteiger charge is 2.26. The fourth-order valence-electron chi connectivity index (χ4n) is 1.70. The van der Waals surface area contributed by atoms with E-state index in [1.54, 1.807) is 0 Å². The van der Waals surface area contributed by atoms with Crippen LogP contribution in [0.25, 0.3) is 0 Å². The summed E-state index contributed by atoms with van der Waals surface area (Å²) in [6.45, 7) is 4.43.